The predicted octanol–water partition coefficient (Wildman–Crippen LogP) is 3.41. The zero-order valence-electron chi connectivity index (χ0n) is 15.6. The molecule has 144 valence electrons. The summed E-state index contributed by atoms with van der Waals surface area (Å²) in [5, 5.41) is 2.89. The standard InChI is InChI=1S/C20H24FN3O2S/c1-3-27-17-12-18(24-7-9-26-10-8-24)23-14(2)19(17)20(25)22-13-15-5-4-6-16(21)11-15/h4-6,11-12H,3,7-10,13H2,1-2H3,(H,22,25). The maximum absolute atomic E-state index is 13.3. The average Bonchev–Trinajstić information content (AvgIpc) is 2.67. The predicted molar refractivity (Wildman–Crippen MR) is 106 cm³/mol. The van der Waals surface area contributed by atoms with Crippen LogP contribution in [0.2, 0.25) is 0 Å². The van der Waals surface area contributed by atoms with Crippen LogP contribution in [0.1, 0.15) is 28.5 Å². The molecule has 0 bridgehead atoms. The van der Waals surface area contributed by atoms with Crippen LogP contribution < -0.4 is 10.2 Å². The molecule has 2 aromatic rings. The van der Waals surface area contributed by atoms with Gasteiger partial charge in [0.15, 0.2) is 0 Å². The van der Waals surface area contributed by atoms with E-state index in [1.54, 1.807) is 23.9 Å². The number of aromatic nitrogens is 1. The van der Waals surface area contributed by atoms with E-state index in [1.807, 2.05) is 13.0 Å². The number of amides is 1. The molecule has 0 saturated carbocycles. The van der Waals surface area contributed by atoms with Crippen LogP contribution in [0.25, 0.3) is 0 Å². The lowest BCUT2D eigenvalue weighted by atomic mass is 10.1. The molecule has 2 heterocycles. The SMILES string of the molecule is CCSc1cc(N2CCOCC2)nc(C)c1C(=O)NCc1cccc(F)c1. The number of anilines is 1. The zero-order valence-corrected chi connectivity index (χ0v) is 16.4. The number of benzene rings is 1. The first-order valence-electron chi connectivity index (χ1n) is 9.08. The first-order chi connectivity index (χ1) is 13.1. The van der Waals surface area contributed by atoms with Crippen molar-refractivity contribution in [3.8, 4) is 0 Å². The van der Waals surface area contributed by atoms with Crippen LogP contribution in [0.5, 0.6) is 0 Å². The molecular formula is C20H24FN3O2S. The second kappa shape index (κ2) is 9.19. The van der Waals surface area contributed by atoms with Gasteiger partial charge >= 0.3 is 0 Å². The Morgan fingerprint density at radius 2 is 2.11 bits per heavy atom. The zero-order chi connectivity index (χ0) is 19.2. The lowest BCUT2D eigenvalue weighted by Crippen LogP contribution is -2.37. The van der Waals surface area contributed by atoms with Gasteiger partial charge in [-0.25, -0.2) is 9.37 Å². The number of nitrogens with zero attached hydrogens (tertiary/aromatic N) is 2. The molecular weight excluding hydrogens is 365 g/mol. The topological polar surface area (TPSA) is 54.5 Å². The molecule has 1 N–H and O–H groups in total. The molecule has 1 aliphatic heterocycles. The van der Waals surface area contributed by atoms with Crippen molar-refractivity contribution >= 4 is 23.5 Å². The Hall–Kier alpha value is -2.12. The maximum Gasteiger partial charge on any atom is 0.254 e. The minimum Gasteiger partial charge on any atom is -0.378 e. The Balaban J connectivity index is 1.81. The first kappa shape index (κ1) is 19.6. The van der Waals surface area contributed by atoms with E-state index >= 15 is 0 Å². The van der Waals surface area contributed by atoms with E-state index in [9.17, 15) is 9.18 Å². The Bertz CT molecular complexity index is 810. The van der Waals surface area contributed by atoms with Crippen molar-refractivity contribution in [2.45, 2.75) is 25.3 Å². The highest BCUT2D eigenvalue weighted by Crippen LogP contribution is 2.29. The number of halogens is 1. The summed E-state index contributed by atoms with van der Waals surface area (Å²) in [6.45, 7) is 7.17. The molecule has 1 aromatic carbocycles. The third kappa shape index (κ3) is 4.99. The smallest absolute Gasteiger partial charge is 0.254 e. The lowest BCUT2D eigenvalue weighted by molar-refractivity contribution is 0.0946. The van der Waals surface area contributed by atoms with Gasteiger partial charge in [-0.3, -0.25) is 4.79 Å². The highest BCUT2D eigenvalue weighted by Gasteiger charge is 2.20. The third-order valence-electron chi connectivity index (χ3n) is 4.35. The fraction of sp³-hybridized carbons (Fsp3) is 0.400. The van der Waals surface area contributed by atoms with Gasteiger partial charge in [-0.15, -0.1) is 11.8 Å². The van der Waals surface area contributed by atoms with Gasteiger partial charge in [0.05, 0.1) is 24.5 Å². The van der Waals surface area contributed by atoms with Gasteiger partial charge in [-0.2, -0.15) is 0 Å². The number of hydrogen-bond donors (Lipinski definition) is 1. The molecule has 0 atom stereocenters. The fourth-order valence-corrected chi connectivity index (χ4v) is 3.93. The van der Waals surface area contributed by atoms with Crippen LogP contribution in [0, 0.1) is 12.7 Å². The van der Waals surface area contributed by atoms with Crippen molar-refractivity contribution < 1.29 is 13.9 Å². The van der Waals surface area contributed by atoms with Crippen LogP contribution in [0.15, 0.2) is 35.2 Å². The van der Waals surface area contributed by atoms with E-state index in [0.717, 1.165) is 35.1 Å². The van der Waals surface area contributed by atoms with Gasteiger partial charge in [0.1, 0.15) is 11.6 Å². The van der Waals surface area contributed by atoms with Crippen molar-refractivity contribution in [3.05, 3.63) is 53.0 Å². The maximum atomic E-state index is 13.3. The van der Waals surface area contributed by atoms with Crippen LogP contribution in [-0.4, -0.2) is 42.9 Å². The van der Waals surface area contributed by atoms with Gasteiger partial charge < -0.3 is 15.0 Å². The number of carbonyl (C=O) groups excluding carboxylic acids is 1. The van der Waals surface area contributed by atoms with E-state index < -0.39 is 0 Å². The van der Waals surface area contributed by atoms with Gasteiger partial charge in [0, 0.05) is 24.5 Å². The van der Waals surface area contributed by atoms with Crippen molar-refractivity contribution in [2.75, 3.05) is 37.0 Å². The molecule has 27 heavy (non-hydrogen) atoms. The van der Waals surface area contributed by atoms with Crippen LogP contribution in [-0.2, 0) is 11.3 Å². The van der Waals surface area contributed by atoms with E-state index in [0.29, 0.717) is 24.5 Å². The number of carbonyl (C=O) groups is 1. The molecule has 5 nitrogen and oxygen atoms in total. The normalized spacial score (nSPS) is 14.3. The monoisotopic (exact) mass is 389 g/mol. The van der Waals surface area contributed by atoms with Gasteiger partial charge in [-0.05, 0) is 36.4 Å². The number of rotatable bonds is 6. The van der Waals surface area contributed by atoms with E-state index in [1.165, 1.54) is 12.1 Å². The van der Waals surface area contributed by atoms with Gasteiger partial charge in [-0.1, -0.05) is 19.1 Å². The highest BCUT2D eigenvalue weighted by molar-refractivity contribution is 7.99. The van der Waals surface area contributed by atoms with Crippen molar-refractivity contribution in [2.24, 2.45) is 0 Å². The number of thioether (sulfide) groups is 1. The summed E-state index contributed by atoms with van der Waals surface area (Å²) in [4.78, 5) is 20.6. The number of pyridine rings is 1. The Kier molecular flexibility index (Phi) is 6.68. The molecule has 0 unspecified atom stereocenters. The number of morpholine rings is 1. The Morgan fingerprint density at radius 3 is 2.81 bits per heavy atom. The summed E-state index contributed by atoms with van der Waals surface area (Å²) < 4.78 is 18.7. The molecule has 0 radical (unpaired) electrons. The van der Waals surface area contributed by atoms with Crippen LogP contribution in [0.3, 0.4) is 0 Å². The van der Waals surface area contributed by atoms with E-state index in [2.05, 4.69) is 22.1 Å². The van der Waals surface area contributed by atoms with Crippen molar-refractivity contribution in [1.82, 2.24) is 10.3 Å². The Labute approximate surface area is 163 Å². The first-order valence-corrected chi connectivity index (χ1v) is 10.1. The summed E-state index contributed by atoms with van der Waals surface area (Å²) in [6.07, 6.45) is 0. The minimum absolute atomic E-state index is 0.186. The van der Waals surface area contributed by atoms with Gasteiger partial charge in [0.25, 0.3) is 5.91 Å². The number of nitrogens with one attached hydrogen (secondary N) is 1. The highest BCUT2D eigenvalue weighted by atomic mass is 32.2. The van der Waals surface area contributed by atoms with Crippen LogP contribution >= 0.6 is 11.8 Å². The summed E-state index contributed by atoms with van der Waals surface area (Å²) >= 11 is 1.63. The third-order valence-corrected chi connectivity index (χ3v) is 5.28. The number of ether oxygens (including phenoxy) is 1. The minimum atomic E-state index is -0.309. The second-order valence-corrected chi connectivity index (χ2v) is 7.59. The average molecular weight is 389 g/mol. The molecule has 7 heteroatoms. The quantitative estimate of drug-likeness (QED) is 0.768. The molecule has 3 rings (SSSR count). The molecule has 0 aliphatic carbocycles. The largest absolute Gasteiger partial charge is 0.378 e. The molecule has 1 saturated heterocycles. The van der Waals surface area contributed by atoms with Crippen molar-refractivity contribution in [3.63, 3.8) is 0 Å². The summed E-state index contributed by atoms with van der Waals surface area (Å²) in [5.74, 6) is 1.25. The molecule has 1 fully saturated rings. The van der Waals surface area contributed by atoms with Crippen LogP contribution in [0.4, 0.5) is 10.2 Å². The van der Waals surface area contributed by atoms with Crippen molar-refractivity contribution in [1.29, 1.82) is 0 Å². The molecule has 0 spiro atoms. The number of hydrogen-bond acceptors (Lipinski definition) is 5. The van der Waals surface area contributed by atoms with E-state index in [-0.39, 0.29) is 18.3 Å². The lowest BCUT2D eigenvalue weighted by Gasteiger charge is -2.29. The fourth-order valence-electron chi connectivity index (χ4n) is 3.05. The molecule has 1 aromatic heterocycles. The van der Waals surface area contributed by atoms with Gasteiger partial charge in [0.2, 0.25) is 0 Å². The molecule has 1 amide bonds. The summed E-state index contributed by atoms with van der Waals surface area (Å²) in [6, 6.07) is 8.23. The van der Waals surface area contributed by atoms with E-state index in [4.69, 9.17) is 4.74 Å². The molecule has 1 aliphatic rings. The summed E-state index contributed by atoms with van der Waals surface area (Å²) in [5.41, 5.74) is 2.02. The second-order valence-electron chi connectivity index (χ2n) is 6.28. The summed E-state index contributed by atoms with van der Waals surface area (Å²) in [7, 11) is 0. The Morgan fingerprint density at radius 1 is 1.33 bits per heavy atom. The number of aryl methyl sites for hydroxylation is 1.